The summed E-state index contributed by atoms with van der Waals surface area (Å²) in [5.41, 5.74) is -0.612. The topological polar surface area (TPSA) is 62.6 Å². The standard InChI is InChI=1S/C10H11NO3/c12-8-1-2-9-10(8,13)6-5-11-4-3-7(6)14-9/h3-5,8-9,12-13H,1-2H2. The second kappa shape index (κ2) is 2.46. The molecule has 3 atom stereocenters. The second-order valence-corrected chi connectivity index (χ2v) is 3.90. The van der Waals surface area contributed by atoms with Crippen molar-refractivity contribution < 1.29 is 14.9 Å². The summed E-state index contributed by atoms with van der Waals surface area (Å²) in [6, 6.07) is 1.72. The van der Waals surface area contributed by atoms with Gasteiger partial charge in [-0.15, -0.1) is 0 Å². The molecule has 2 heterocycles. The van der Waals surface area contributed by atoms with E-state index in [2.05, 4.69) is 4.98 Å². The van der Waals surface area contributed by atoms with Crippen molar-refractivity contribution in [3.8, 4) is 5.75 Å². The van der Waals surface area contributed by atoms with Crippen molar-refractivity contribution in [2.24, 2.45) is 0 Å². The van der Waals surface area contributed by atoms with Crippen LogP contribution in [-0.2, 0) is 5.60 Å². The number of ether oxygens (including phenoxy) is 1. The fourth-order valence-electron chi connectivity index (χ4n) is 2.40. The molecule has 3 unspecified atom stereocenters. The average molecular weight is 193 g/mol. The number of pyridine rings is 1. The zero-order chi connectivity index (χ0) is 9.76. The van der Waals surface area contributed by atoms with E-state index in [0.29, 0.717) is 24.2 Å². The number of aliphatic hydroxyl groups excluding tert-OH is 1. The minimum Gasteiger partial charge on any atom is -0.486 e. The van der Waals surface area contributed by atoms with Crippen molar-refractivity contribution >= 4 is 0 Å². The van der Waals surface area contributed by atoms with E-state index in [1.54, 1.807) is 18.5 Å². The molecule has 0 radical (unpaired) electrons. The summed E-state index contributed by atoms with van der Waals surface area (Å²) in [5.74, 6) is 0.645. The van der Waals surface area contributed by atoms with Crippen LogP contribution < -0.4 is 4.74 Å². The Labute approximate surface area is 81.2 Å². The highest BCUT2D eigenvalue weighted by molar-refractivity contribution is 5.43. The van der Waals surface area contributed by atoms with Crippen LogP contribution in [0.15, 0.2) is 18.5 Å². The highest BCUT2D eigenvalue weighted by Gasteiger charge is 2.56. The minimum absolute atomic E-state index is 0.309. The van der Waals surface area contributed by atoms with Crippen molar-refractivity contribution in [1.29, 1.82) is 0 Å². The number of aromatic nitrogens is 1. The molecular weight excluding hydrogens is 182 g/mol. The van der Waals surface area contributed by atoms with Gasteiger partial charge in [0.1, 0.15) is 11.9 Å². The SMILES string of the molecule is OC1CCC2Oc3ccncc3C12O. The quantitative estimate of drug-likeness (QED) is 0.617. The number of hydrogen-bond donors (Lipinski definition) is 2. The van der Waals surface area contributed by atoms with Crippen molar-refractivity contribution in [3.63, 3.8) is 0 Å². The number of hydrogen-bond acceptors (Lipinski definition) is 4. The molecule has 0 aromatic carbocycles. The van der Waals surface area contributed by atoms with Gasteiger partial charge in [-0.1, -0.05) is 0 Å². The number of aliphatic hydroxyl groups is 2. The first-order valence-electron chi connectivity index (χ1n) is 4.74. The van der Waals surface area contributed by atoms with E-state index in [9.17, 15) is 10.2 Å². The van der Waals surface area contributed by atoms with Gasteiger partial charge in [-0.2, -0.15) is 0 Å². The zero-order valence-corrected chi connectivity index (χ0v) is 7.55. The number of rotatable bonds is 0. The Bertz CT molecular complexity index is 381. The fourth-order valence-corrected chi connectivity index (χ4v) is 2.40. The van der Waals surface area contributed by atoms with E-state index in [4.69, 9.17) is 4.74 Å². The van der Waals surface area contributed by atoms with Crippen LogP contribution in [-0.4, -0.2) is 27.4 Å². The van der Waals surface area contributed by atoms with Gasteiger partial charge < -0.3 is 14.9 Å². The Morgan fingerprint density at radius 3 is 3.21 bits per heavy atom. The van der Waals surface area contributed by atoms with Gasteiger partial charge in [-0.25, -0.2) is 0 Å². The minimum atomic E-state index is -1.23. The molecule has 2 N–H and O–H groups in total. The summed E-state index contributed by atoms with van der Waals surface area (Å²) in [5, 5.41) is 20.1. The van der Waals surface area contributed by atoms with Crippen molar-refractivity contribution in [2.75, 3.05) is 0 Å². The van der Waals surface area contributed by atoms with E-state index < -0.39 is 11.7 Å². The van der Waals surface area contributed by atoms with Crippen molar-refractivity contribution in [3.05, 3.63) is 24.0 Å². The van der Waals surface area contributed by atoms with Crippen molar-refractivity contribution in [1.82, 2.24) is 4.98 Å². The summed E-state index contributed by atoms with van der Waals surface area (Å²) >= 11 is 0. The van der Waals surface area contributed by atoms with E-state index in [-0.39, 0.29) is 6.10 Å². The number of nitrogens with zero attached hydrogens (tertiary/aromatic N) is 1. The van der Waals surface area contributed by atoms with Gasteiger partial charge in [0.15, 0.2) is 5.60 Å². The largest absolute Gasteiger partial charge is 0.486 e. The van der Waals surface area contributed by atoms with Crippen LogP contribution in [0.3, 0.4) is 0 Å². The molecule has 14 heavy (non-hydrogen) atoms. The lowest BCUT2D eigenvalue weighted by molar-refractivity contribution is -0.0898. The summed E-state index contributed by atoms with van der Waals surface area (Å²) < 4.78 is 5.55. The predicted molar refractivity (Wildman–Crippen MR) is 47.8 cm³/mol. The molecule has 74 valence electrons. The van der Waals surface area contributed by atoms with Crippen LogP contribution in [0, 0.1) is 0 Å². The van der Waals surface area contributed by atoms with Crippen LogP contribution in [0.5, 0.6) is 5.75 Å². The van der Waals surface area contributed by atoms with Crippen LogP contribution in [0.1, 0.15) is 18.4 Å². The maximum Gasteiger partial charge on any atom is 0.157 e. The van der Waals surface area contributed by atoms with Crippen molar-refractivity contribution in [2.45, 2.75) is 30.7 Å². The monoisotopic (exact) mass is 193 g/mol. The molecule has 1 saturated carbocycles. The van der Waals surface area contributed by atoms with Gasteiger partial charge in [-0.3, -0.25) is 4.98 Å². The summed E-state index contributed by atoms with van der Waals surface area (Å²) in [6.07, 6.45) is 3.41. The summed E-state index contributed by atoms with van der Waals surface area (Å²) in [6.45, 7) is 0. The first kappa shape index (κ1) is 8.20. The van der Waals surface area contributed by atoms with Crippen LogP contribution in [0.2, 0.25) is 0 Å². The molecule has 3 rings (SSSR count). The maximum absolute atomic E-state index is 10.3. The normalized spacial score (nSPS) is 39.0. The smallest absolute Gasteiger partial charge is 0.157 e. The highest BCUT2D eigenvalue weighted by Crippen LogP contribution is 2.49. The molecule has 1 fully saturated rings. The summed E-state index contributed by atoms with van der Waals surface area (Å²) in [7, 11) is 0. The maximum atomic E-state index is 10.3. The molecule has 0 spiro atoms. The lowest BCUT2D eigenvalue weighted by Crippen LogP contribution is -2.41. The van der Waals surface area contributed by atoms with Gasteiger partial charge in [-0.05, 0) is 18.9 Å². The Morgan fingerprint density at radius 1 is 1.50 bits per heavy atom. The van der Waals surface area contributed by atoms with Gasteiger partial charge in [0.05, 0.1) is 11.7 Å². The molecule has 0 saturated heterocycles. The Balaban J connectivity index is 2.18. The molecular formula is C10H11NO3. The van der Waals surface area contributed by atoms with Gasteiger partial charge in [0, 0.05) is 12.4 Å². The molecule has 0 amide bonds. The molecule has 1 aliphatic carbocycles. The fraction of sp³-hybridized carbons (Fsp3) is 0.500. The molecule has 2 aliphatic rings. The first-order valence-corrected chi connectivity index (χ1v) is 4.74. The third kappa shape index (κ3) is 0.779. The lowest BCUT2D eigenvalue weighted by atomic mass is 9.91. The predicted octanol–water partition coefficient (Wildman–Crippen LogP) is 0.185. The Hall–Kier alpha value is -1.13. The third-order valence-corrected chi connectivity index (χ3v) is 3.18. The van der Waals surface area contributed by atoms with Gasteiger partial charge in [0.25, 0.3) is 0 Å². The molecule has 1 aromatic heterocycles. The summed E-state index contributed by atoms with van der Waals surface area (Å²) in [4.78, 5) is 3.95. The van der Waals surface area contributed by atoms with Crippen LogP contribution >= 0.6 is 0 Å². The Kier molecular flexibility index (Phi) is 1.44. The lowest BCUT2D eigenvalue weighted by Gasteiger charge is -2.24. The third-order valence-electron chi connectivity index (χ3n) is 3.18. The molecule has 1 aliphatic heterocycles. The zero-order valence-electron chi connectivity index (χ0n) is 7.55. The van der Waals surface area contributed by atoms with Gasteiger partial charge >= 0.3 is 0 Å². The highest BCUT2D eigenvalue weighted by atomic mass is 16.5. The van der Waals surface area contributed by atoms with E-state index in [0.717, 1.165) is 0 Å². The molecule has 4 heteroatoms. The molecule has 1 aromatic rings. The van der Waals surface area contributed by atoms with Crippen LogP contribution in [0.4, 0.5) is 0 Å². The molecule has 0 bridgehead atoms. The van der Waals surface area contributed by atoms with Crippen LogP contribution in [0.25, 0.3) is 0 Å². The van der Waals surface area contributed by atoms with E-state index >= 15 is 0 Å². The Morgan fingerprint density at radius 2 is 2.36 bits per heavy atom. The first-order chi connectivity index (χ1) is 6.73. The average Bonchev–Trinajstić information content (AvgIpc) is 2.63. The van der Waals surface area contributed by atoms with Gasteiger partial charge in [0.2, 0.25) is 0 Å². The molecule has 4 nitrogen and oxygen atoms in total. The van der Waals surface area contributed by atoms with E-state index in [1.165, 1.54) is 0 Å². The second-order valence-electron chi connectivity index (χ2n) is 3.90. The number of fused-ring (bicyclic) bond motifs is 3. The van der Waals surface area contributed by atoms with E-state index in [1.807, 2.05) is 0 Å².